The van der Waals surface area contributed by atoms with Gasteiger partial charge in [-0.15, -0.1) is 0 Å². The van der Waals surface area contributed by atoms with Crippen molar-refractivity contribution in [2.75, 3.05) is 0 Å². The molecule has 0 fully saturated rings. The molecule has 0 aliphatic carbocycles. The second-order valence-electron chi connectivity index (χ2n) is 2.81. The minimum absolute atomic E-state index is 0.418. The fraction of sp³-hybridized carbons (Fsp3) is 0.300. The van der Waals surface area contributed by atoms with Gasteiger partial charge in [-0.2, -0.15) is 0 Å². The normalized spacial score (nSPS) is 12.1. The summed E-state index contributed by atoms with van der Waals surface area (Å²) in [7, 11) is 0. The lowest BCUT2D eigenvalue weighted by Crippen LogP contribution is -2.25. The van der Waals surface area contributed by atoms with E-state index in [1.54, 1.807) is 31.2 Å². The Morgan fingerprint density at radius 2 is 2.36 bits per heavy atom. The molecular weight excluding hydrogens is 204 g/mol. The van der Waals surface area contributed by atoms with E-state index >= 15 is 0 Å². The molecule has 0 aliphatic heterocycles. The van der Waals surface area contributed by atoms with Crippen LogP contribution in [0, 0.1) is 0 Å². The Bertz CT molecular complexity index is 325. The van der Waals surface area contributed by atoms with Crippen LogP contribution in [-0.4, -0.2) is 17.2 Å². The van der Waals surface area contributed by atoms with Crippen molar-refractivity contribution in [3.05, 3.63) is 29.3 Å². The maximum atomic E-state index is 10.7. The predicted octanol–water partition coefficient (Wildman–Crippen LogP) is 2.58. The van der Waals surface area contributed by atoms with Gasteiger partial charge in [-0.25, -0.2) is 4.79 Å². The third kappa shape index (κ3) is 2.92. The van der Waals surface area contributed by atoms with Crippen LogP contribution in [0.1, 0.15) is 13.3 Å². The molecule has 0 radical (unpaired) electrons. The van der Waals surface area contributed by atoms with Crippen molar-refractivity contribution in [1.82, 2.24) is 0 Å². The summed E-state index contributed by atoms with van der Waals surface area (Å²) < 4.78 is 5.22. The highest BCUT2D eigenvalue weighted by molar-refractivity contribution is 6.30. The summed E-state index contributed by atoms with van der Waals surface area (Å²) in [5, 5.41) is 9.28. The van der Waals surface area contributed by atoms with Crippen LogP contribution in [0.4, 0.5) is 0 Å². The number of carbonyl (C=O) groups is 1. The average molecular weight is 215 g/mol. The highest BCUT2D eigenvalue weighted by Crippen LogP contribution is 2.19. The summed E-state index contributed by atoms with van der Waals surface area (Å²) in [5.41, 5.74) is 0. The first kappa shape index (κ1) is 10.9. The molecule has 0 aliphatic rings. The molecule has 0 unspecified atom stereocenters. The van der Waals surface area contributed by atoms with Crippen LogP contribution in [0.25, 0.3) is 0 Å². The average Bonchev–Trinajstić information content (AvgIpc) is 2.14. The predicted molar refractivity (Wildman–Crippen MR) is 53.8 cm³/mol. The summed E-state index contributed by atoms with van der Waals surface area (Å²) in [6.45, 7) is 1.75. The zero-order valence-electron chi connectivity index (χ0n) is 7.74. The number of benzene rings is 1. The molecule has 14 heavy (non-hydrogen) atoms. The van der Waals surface area contributed by atoms with Crippen molar-refractivity contribution in [3.63, 3.8) is 0 Å². The first-order valence-electron chi connectivity index (χ1n) is 4.28. The number of carboxylic acids is 1. The zero-order chi connectivity index (χ0) is 10.6. The third-order valence-electron chi connectivity index (χ3n) is 1.72. The topological polar surface area (TPSA) is 46.5 Å². The zero-order valence-corrected chi connectivity index (χ0v) is 8.49. The molecule has 4 heteroatoms. The van der Waals surface area contributed by atoms with Crippen LogP contribution in [-0.2, 0) is 4.79 Å². The lowest BCUT2D eigenvalue weighted by Gasteiger charge is -2.12. The molecular formula is C10H11ClO3. The highest BCUT2D eigenvalue weighted by atomic mass is 35.5. The quantitative estimate of drug-likeness (QED) is 0.838. The second kappa shape index (κ2) is 4.86. The maximum Gasteiger partial charge on any atom is 0.344 e. The molecule has 0 heterocycles. The van der Waals surface area contributed by atoms with Gasteiger partial charge in [0.2, 0.25) is 0 Å². The van der Waals surface area contributed by atoms with Crippen molar-refractivity contribution in [2.45, 2.75) is 19.4 Å². The lowest BCUT2D eigenvalue weighted by atomic mass is 10.3. The smallest absolute Gasteiger partial charge is 0.344 e. The number of rotatable bonds is 4. The van der Waals surface area contributed by atoms with E-state index < -0.39 is 12.1 Å². The minimum Gasteiger partial charge on any atom is -0.479 e. The molecule has 1 N–H and O–H groups in total. The van der Waals surface area contributed by atoms with Gasteiger partial charge in [0.05, 0.1) is 0 Å². The van der Waals surface area contributed by atoms with Crippen LogP contribution in [0.15, 0.2) is 24.3 Å². The van der Waals surface area contributed by atoms with Gasteiger partial charge in [0.25, 0.3) is 0 Å². The van der Waals surface area contributed by atoms with Crippen molar-refractivity contribution in [2.24, 2.45) is 0 Å². The van der Waals surface area contributed by atoms with Gasteiger partial charge >= 0.3 is 5.97 Å². The number of hydrogen-bond donors (Lipinski definition) is 1. The fourth-order valence-corrected chi connectivity index (χ4v) is 1.19. The lowest BCUT2D eigenvalue weighted by molar-refractivity contribution is -0.145. The minimum atomic E-state index is -0.965. The number of aliphatic carboxylic acids is 1. The fourth-order valence-electron chi connectivity index (χ4n) is 1.01. The maximum absolute atomic E-state index is 10.7. The number of halogens is 1. The molecule has 0 saturated heterocycles. The Morgan fingerprint density at radius 3 is 2.86 bits per heavy atom. The third-order valence-corrected chi connectivity index (χ3v) is 1.96. The van der Waals surface area contributed by atoms with E-state index in [1.807, 2.05) is 0 Å². The molecule has 76 valence electrons. The molecule has 0 spiro atoms. The van der Waals surface area contributed by atoms with Crippen molar-refractivity contribution >= 4 is 17.6 Å². The number of ether oxygens (including phenoxy) is 1. The van der Waals surface area contributed by atoms with Gasteiger partial charge in [0.15, 0.2) is 6.10 Å². The van der Waals surface area contributed by atoms with Gasteiger partial charge in [-0.1, -0.05) is 24.6 Å². The van der Waals surface area contributed by atoms with E-state index in [0.29, 0.717) is 17.2 Å². The van der Waals surface area contributed by atoms with Crippen LogP contribution >= 0.6 is 11.6 Å². The Labute approximate surface area is 87.3 Å². The summed E-state index contributed by atoms with van der Waals surface area (Å²) >= 11 is 5.72. The van der Waals surface area contributed by atoms with Gasteiger partial charge in [0, 0.05) is 5.02 Å². The van der Waals surface area contributed by atoms with Crippen molar-refractivity contribution in [3.8, 4) is 5.75 Å². The SMILES string of the molecule is CC[C@H](Oc1cccc(Cl)c1)C(=O)O. The summed E-state index contributed by atoms with van der Waals surface area (Å²) in [6.07, 6.45) is -0.393. The van der Waals surface area contributed by atoms with Gasteiger partial charge in [0.1, 0.15) is 5.75 Å². The Hall–Kier alpha value is -1.22. The Balaban J connectivity index is 2.72. The van der Waals surface area contributed by atoms with Gasteiger partial charge in [-0.3, -0.25) is 0 Å². The van der Waals surface area contributed by atoms with Crippen LogP contribution in [0.3, 0.4) is 0 Å². The Morgan fingerprint density at radius 1 is 1.64 bits per heavy atom. The van der Waals surface area contributed by atoms with E-state index in [-0.39, 0.29) is 0 Å². The van der Waals surface area contributed by atoms with Crippen molar-refractivity contribution in [1.29, 1.82) is 0 Å². The first-order chi connectivity index (χ1) is 6.63. The van der Waals surface area contributed by atoms with Crippen LogP contribution in [0.5, 0.6) is 5.75 Å². The molecule has 0 bridgehead atoms. The summed E-state index contributed by atoms with van der Waals surface area (Å²) in [5.74, 6) is -0.487. The summed E-state index contributed by atoms with van der Waals surface area (Å²) in [6, 6.07) is 6.69. The Kier molecular flexibility index (Phi) is 3.77. The molecule has 1 aromatic carbocycles. The summed E-state index contributed by atoms with van der Waals surface area (Å²) in [4.78, 5) is 10.7. The van der Waals surface area contributed by atoms with Crippen LogP contribution < -0.4 is 4.74 Å². The van der Waals surface area contributed by atoms with E-state index in [9.17, 15) is 4.79 Å². The van der Waals surface area contributed by atoms with Crippen molar-refractivity contribution < 1.29 is 14.6 Å². The molecule has 1 aromatic rings. The molecule has 1 rings (SSSR count). The molecule has 0 aromatic heterocycles. The first-order valence-corrected chi connectivity index (χ1v) is 4.66. The van der Waals surface area contributed by atoms with Gasteiger partial charge in [-0.05, 0) is 24.6 Å². The van der Waals surface area contributed by atoms with E-state index in [0.717, 1.165) is 0 Å². The van der Waals surface area contributed by atoms with E-state index in [1.165, 1.54) is 0 Å². The standard InChI is InChI=1S/C10H11ClO3/c1-2-9(10(12)13)14-8-5-3-4-7(11)6-8/h3-6,9H,2H2,1H3,(H,12,13)/t9-/m0/s1. The molecule has 1 atom stereocenters. The largest absolute Gasteiger partial charge is 0.479 e. The monoisotopic (exact) mass is 214 g/mol. The van der Waals surface area contributed by atoms with E-state index in [4.69, 9.17) is 21.4 Å². The molecule has 0 saturated carbocycles. The van der Waals surface area contributed by atoms with Gasteiger partial charge < -0.3 is 9.84 Å². The molecule has 3 nitrogen and oxygen atoms in total. The number of carboxylic acid groups (broad SMARTS) is 1. The van der Waals surface area contributed by atoms with Crippen LogP contribution in [0.2, 0.25) is 5.02 Å². The van der Waals surface area contributed by atoms with E-state index in [2.05, 4.69) is 0 Å². The molecule has 0 amide bonds. The second-order valence-corrected chi connectivity index (χ2v) is 3.25. The number of hydrogen-bond acceptors (Lipinski definition) is 2. The highest BCUT2D eigenvalue weighted by Gasteiger charge is 2.16.